The van der Waals surface area contributed by atoms with Crippen LogP contribution in [0.15, 0.2) is 42.6 Å². The third kappa shape index (κ3) is 2.55. The van der Waals surface area contributed by atoms with Gasteiger partial charge in [-0.15, -0.1) is 0 Å². The van der Waals surface area contributed by atoms with Gasteiger partial charge in [-0.2, -0.15) is 13.2 Å². The van der Waals surface area contributed by atoms with Crippen LogP contribution >= 0.6 is 12.2 Å². The fourth-order valence-electron chi connectivity index (χ4n) is 1.56. The lowest BCUT2D eigenvalue weighted by Crippen LogP contribution is -2.07. The number of pyridine rings is 1. The smallest absolute Gasteiger partial charge is 0.352 e. The van der Waals surface area contributed by atoms with Crippen LogP contribution in [0.1, 0.15) is 5.56 Å². The van der Waals surface area contributed by atoms with Crippen molar-refractivity contribution in [1.29, 1.82) is 0 Å². The summed E-state index contributed by atoms with van der Waals surface area (Å²) in [7, 11) is 0. The fraction of sp³-hybridized carbons (Fsp3) is 0.0833. The Bertz CT molecular complexity index is 572. The molecule has 0 amide bonds. The Balaban J connectivity index is 2.67. The van der Waals surface area contributed by atoms with Crippen LogP contribution in [0.25, 0.3) is 11.1 Å². The van der Waals surface area contributed by atoms with Gasteiger partial charge in [0.2, 0.25) is 0 Å². The lowest BCUT2D eigenvalue weighted by molar-refractivity contribution is -0.137. The number of benzene rings is 1. The molecule has 1 aromatic carbocycles. The molecule has 0 saturated carbocycles. The molecule has 0 saturated heterocycles. The number of alkyl halides is 3. The van der Waals surface area contributed by atoms with Crippen LogP contribution in [0.4, 0.5) is 13.2 Å². The molecule has 88 valence electrons. The molecule has 1 aromatic heterocycles. The molecule has 1 nitrogen and oxygen atoms in total. The van der Waals surface area contributed by atoms with Gasteiger partial charge in [-0.1, -0.05) is 42.5 Å². The van der Waals surface area contributed by atoms with Crippen LogP contribution in [0.2, 0.25) is 0 Å². The third-order valence-corrected chi connectivity index (χ3v) is 2.55. The predicted molar refractivity (Wildman–Crippen MR) is 62.1 cm³/mol. The summed E-state index contributed by atoms with van der Waals surface area (Å²) in [5, 5.41) is 0. The number of H-pyrrole nitrogens is 1. The van der Waals surface area contributed by atoms with Gasteiger partial charge in [0.05, 0.1) is 5.56 Å². The normalized spacial score (nSPS) is 11.5. The summed E-state index contributed by atoms with van der Waals surface area (Å²) in [6.07, 6.45) is -3.12. The number of hydrogen-bond acceptors (Lipinski definition) is 1. The van der Waals surface area contributed by atoms with E-state index in [0.29, 0.717) is 5.56 Å². The fourth-order valence-corrected chi connectivity index (χ4v) is 1.74. The van der Waals surface area contributed by atoms with Gasteiger partial charge >= 0.3 is 6.18 Å². The molecule has 0 unspecified atom stereocenters. The molecule has 0 atom stereocenters. The van der Waals surface area contributed by atoms with Crippen molar-refractivity contribution in [2.45, 2.75) is 6.18 Å². The average molecular weight is 255 g/mol. The first-order valence-corrected chi connectivity index (χ1v) is 5.24. The first-order valence-electron chi connectivity index (χ1n) is 4.84. The van der Waals surface area contributed by atoms with E-state index in [1.807, 2.05) is 0 Å². The summed E-state index contributed by atoms with van der Waals surface area (Å²) in [4.78, 5) is 2.63. The number of aromatic amines is 1. The molecule has 5 heteroatoms. The molecule has 2 aromatic rings. The van der Waals surface area contributed by atoms with Gasteiger partial charge in [0.15, 0.2) is 0 Å². The van der Waals surface area contributed by atoms with Crippen molar-refractivity contribution in [3.05, 3.63) is 52.8 Å². The minimum Gasteiger partial charge on any atom is -0.352 e. The minimum atomic E-state index is -4.41. The standard InChI is InChI=1S/C12H8F3NS/c13-12(14,15)10-6-11(17)16-7-9(10)8-4-2-1-3-5-8/h1-7H,(H,16,17). The molecular weight excluding hydrogens is 247 g/mol. The van der Waals surface area contributed by atoms with Crippen LogP contribution < -0.4 is 0 Å². The van der Waals surface area contributed by atoms with E-state index in [2.05, 4.69) is 4.98 Å². The molecule has 2 rings (SSSR count). The van der Waals surface area contributed by atoms with E-state index in [4.69, 9.17) is 12.2 Å². The maximum absolute atomic E-state index is 12.9. The highest BCUT2D eigenvalue weighted by Gasteiger charge is 2.33. The summed E-state index contributed by atoms with van der Waals surface area (Å²) in [5.41, 5.74) is -0.106. The van der Waals surface area contributed by atoms with Crippen molar-refractivity contribution in [2.24, 2.45) is 0 Å². The summed E-state index contributed by atoms with van der Waals surface area (Å²) in [5.74, 6) is 0. The second kappa shape index (κ2) is 4.33. The van der Waals surface area contributed by atoms with Crippen molar-refractivity contribution < 1.29 is 13.2 Å². The maximum atomic E-state index is 12.9. The van der Waals surface area contributed by atoms with Crippen LogP contribution in [0, 0.1) is 4.64 Å². The van der Waals surface area contributed by atoms with Gasteiger partial charge < -0.3 is 4.98 Å². The van der Waals surface area contributed by atoms with E-state index in [-0.39, 0.29) is 10.2 Å². The average Bonchev–Trinajstić information content (AvgIpc) is 2.29. The molecule has 0 aliphatic rings. The van der Waals surface area contributed by atoms with Crippen LogP contribution in [0.5, 0.6) is 0 Å². The molecular formula is C12H8F3NS. The van der Waals surface area contributed by atoms with Crippen molar-refractivity contribution >= 4 is 12.2 Å². The quantitative estimate of drug-likeness (QED) is 0.745. The van der Waals surface area contributed by atoms with Gasteiger partial charge in [-0.25, -0.2) is 0 Å². The number of halogens is 3. The lowest BCUT2D eigenvalue weighted by atomic mass is 10.0. The monoisotopic (exact) mass is 255 g/mol. The molecule has 17 heavy (non-hydrogen) atoms. The molecule has 0 bridgehead atoms. The topological polar surface area (TPSA) is 15.8 Å². The van der Waals surface area contributed by atoms with Crippen LogP contribution in [-0.2, 0) is 6.18 Å². The third-order valence-electron chi connectivity index (χ3n) is 2.31. The van der Waals surface area contributed by atoms with Crippen molar-refractivity contribution in [1.82, 2.24) is 4.98 Å². The molecule has 0 fully saturated rings. The Labute approximate surface area is 101 Å². The van der Waals surface area contributed by atoms with E-state index in [1.54, 1.807) is 30.3 Å². The van der Waals surface area contributed by atoms with Crippen LogP contribution in [0.3, 0.4) is 0 Å². The Kier molecular flexibility index (Phi) is 3.02. The van der Waals surface area contributed by atoms with E-state index < -0.39 is 11.7 Å². The van der Waals surface area contributed by atoms with E-state index in [0.717, 1.165) is 6.07 Å². The van der Waals surface area contributed by atoms with Gasteiger partial charge in [-0.05, 0) is 11.6 Å². The Hall–Kier alpha value is -1.62. The zero-order chi connectivity index (χ0) is 12.5. The van der Waals surface area contributed by atoms with E-state index in [9.17, 15) is 13.2 Å². The molecule has 1 N–H and O–H groups in total. The summed E-state index contributed by atoms with van der Waals surface area (Å²) in [6.45, 7) is 0. The second-order valence-corrected chi connectivity index (χ2v) is 3.93. The highest BCUT2D eigenvalue weighted by molar-refractivity contribution is 7.71. The zero-order valence-corrected chi connectivity index (χ0v) is 9.40. The van der Waals surface area contributed by atoms with E-state index in [1.165, 1.54) is 6.20 Å². The molecule has 0 aliphatic heterocycles. The maximum Gasteiger partial charge on any atom is 0.417 e. The van der Waals surface area contributed by atoms with Gasteiger partial charge in [0.1, 0.15) is 4.64 Å². The SMILES string of the molecule is FC(F)(F)c1cc(=S)[nH]cc1-c1ccccc1. The largest absolute Gasteiger partial charge is 0.417 e. The Morgan fingerprint density at radius 3 is 2.29 bits per heavy atom. The van der Waals surface area contributed by atoms with Crippen molar-refractivity contribution in [3.8, 4) is 11.1 Å². The summed E-state index contributed by atoms with van der Waals surface area (Å²) < 4.78 is 38.6. The lowest BCUT2D eigenvalue weighted by Gasteiger charge is -2.12. The Morgan fingerprint density at radius 2 is 1.71 bits per heavy atom. The van der Waals surface area contributed by atoms with Gasteiger partial charge in [0.25, 0.3) is 0 Å². The number of rotatable bonds is 1. The molecule has 0 spiro atoms. The first kappa shape index (κ1) is 11.9. The van der Waals surface area contributed by atoms with Crippen LogP contribution in [-0.4, -0.2) is 4.98 Å². The minimum absolute atomic E-state index is 0.0667. The Morgan fingerprint density at radius 1 is 1.06 bits per heavy atom. The first-order chi connectivity index (χ1) is 7.98. The number of aromatic nitrogens is 1. The number of hydrogen-bond donors (Lipinski definition) is 1. The highest BCUT2D eigenvalue weighted by Crippen LogP contribution is 2.36. The van der Waals surface area contributed by atoms with Gasteiger partial charge in [-0.3, -0.25) is 0 Å². The molecule has 0 aliphatic carbocycles. The zero-order valence-electron chi connectivity index (χ0n) is 8.58. The number of nitrogens with one attached hydrogen (secondary N) is 1. The van der Waals surface area contributed by atoms with Gasteiger partial charge in [0, 0.05) is 11.8 Å². The molecule has 1 heterocycles. The highest BCUT2D eigenvalue weighted by atomic mass is 32.1. The van der Waals surface area contributed by atoms with E-state index >= 15 is 0 Å². The summed E-state index contributed by atoms with van der Waals surface area (Å²) in [6, 6.07) is 9.33. The second-order valence-electron chi connectivity index (χ2n) is 3.49. The molecule has 0 radical (unpaired) electrons. The summed E-state index contributed by atoms with van der Waals surface area (Å²) >= 11 is 4.72. The van der Waals surface area contributed by atoms with Crippen molar-refractivity contribution in [2.75, 3.05) is 0 Å². The predicted octanol–water partition coefficient (Wildman–Crippen LogP) is 4.43. The van der Waals surface area contributed by atoms with Crippen molar-refractivity contribution in [3.63, 3.8) is 0 Å².